The molecule has 1 fully saturated rings. The Morgan fingerprint density at radius 1 is 1.04 bits per heavy atom. The smallest absolute Gasteiger partial charge is 0.150 e. The normalized spacial score (nSPS) is 13.0. The summed E-state index contributed by atoms with van der Waals surface area (Å²) in [5.74, 6) is 3.90. The van der Waals surface area contributed by atoms with Gasteiger partial charge in [-0.3, -0.25) is 9.55 Å². The minimum absolute atomic E-state index is 0.467. The van der Waals surface area contributed by atoms with Gasteiger partial charge in [-0.15, -0.1) is 11.8 Å². The highest BCUT2D eigenvalue weighted by Crippen LogP contribution is 2.32. The van der Waals surface area contributed by atoms with Crippen LogP contribution in [-0.4, -0.2) is 64.6 Å². The molecule has 49 heavy (non-hydrogen) atoms. The SMILES string of the molecule is C=C/C(=N\NC)c1cn(-c2cncc(CSc3ccc4ccc(N5CCC5)nc4c3)c2)c2ncnc(NCc3ccc(OC)cc3OC)c12. The van der Waals surface area contributed by atoms with E-state index in [4.69, 9.17) is 19.4 Å². The Hall–Kier alpha value is -5.62. The molecule has 6 aromatic rings. The number of nitrogens with one attached hydrogen (secondary N) is 2. The molecule has 1 aliphatic rings. The molecule has 5 heterocycles. The van der Waals surface area contributed by atoms with Gasteiger partial charge in [-0.2, -0.15) is 5.10 Å². The molecule has 7 rings (SSSR count). The van der Waals surface area contributed by atoms with Crippen LogP contribution in [0.15, 0.2) is 102 Å². The lowest BCUT2D eigenvalue weighted by Crippen LogP contribution is -2.37. The van der Waals surface area contributed by atoms with Crippen LogP contribution in [0.3, 0.4) is 0 Å². The number of hydrogen-bond donors (Lipinski definition) is 2. The summed E-state index contributed by atoms with van der Waals surface area (Å²) in [6.45, 7) is 6.64. The van der Waals surface area contributed by atoms with Crippen LogP contribution in [0.5, 0.6) is 11.5 Å². The lowest BCUT2D eigenvalue weighted by molar-refractivity contribution is 0.391. The van der Waals surface area contributed by atoms with Crippen LogP contribution < -0.4 is 25.1 Å². The van der Waals surface area contributed by atoms with Crippen molar-refractivity contribution in [2.75, 3.05) is 44.6 Å². The molecule has 0 radical (unpaired) electrons. The summed E-state index contributed by atoms with van der Waals surface area (Å²) in [5, 5.41) is 9.95. The summed E-state index contributed by atoms with van der Waals surface area (Å²) in [4.78, 5) is 22.4. The largest absolute Gasteiger partial charge is 0.497 e. The summed E-state index contributed by atoms with van der Waals surface area (Å²) >= 11 is 1.77. The molecule has 2 aromatic carbocycles. The molecule has 11 nitrogen and oxygen atoms in total. The van der Waals surface area contributed by atoms with E-state index in [0.29, 0.717) is 23.7 Å². The average molecular weight is 672 g/mol. The number of rotatable bonds is 13. The van der Waals surface area contributed by atoms with Crippen LogP contribution in [0.4, 0.5) is 11.6 Å². The number of nitrogens with zero attached hydrogens (tertiary/aromatic N) is 7. The standard InChI is InChI=1S/C37H37N9O2S/c1-5-31(44-38-2)30-21-46(37-35(30)36(41-23-42-37)40-19-26-7-10-28(47-3)16-33(26)48-4)27-15-24(18-39-20-27)22-49-29-11-8-25-9-12-34(43-32(25)17-29)45-13-6-14-45/h5,7-12,15-18,20-21,23,38H,1,6,13-14,19,22H2,2-4H3,(H,40,41,42)/b44-31+. The topological polar surface area (TPSA) is 115 Å². The maximum atomic E-state index is 5.62. The molecule has 0 bridgehead atoms. The van der Waals surface area contributed by atoms with E-state index in [1.807, 2.05) is 41.4 Å². The minimum atomic E-state index is 0.467. The molecule has 0 unspecified atom stereocenters. The fourth-order valence-corrected chi connectivity index (χ4v) is 6.70. The van der Waals surface area contributed by atoms with Crippen molar-refractivity contribution in [2.24, 2.45) is 5.10 Å². The molecule has 248 valence electrons. The third-order valence-electron chi connectivity index (χ3n) is 8.52. The number of thioether (sulfide) groups is 1. The van der Waals surface area contributed by atoms with Gasteiger partial charge in [0, 0.05) is 72.3 Å². The highest BCUT2D eigenvalue weighted by atomic mass is 32.2. The third-order valence-corrected chi connectivity index (χ3v) is 9.58. The maximum absolute atomic E-state index is 5.62. The van der Waals surface area contributed by atoms with Gasteiger partial charge in [0.15, 0.2) is 5.65 Å². The fourth-order valence-electron chi connectivity index (χ4n) is 5.85. The van der Waals surface area contributed by atoms with Gasteiger partial charge >= 0.3 is 0 Å². The van der Waals surface area contributed by atoms with E-state index in [-0.39, 0.29) is 0 Å². The highest BCUT2D eigenvalue weighted by Gasteiger charge is 2.20. The number of hydrazone groups is 1. The first-order valence-corrected chi connectivity index (χ1v) is 17.0. The lowest BCUT2D eigenvalue weighted by atomic mass is 10.1. The van der Waals surface area contributed by atoms with Gasteiger partial charge in [-0.25, -0.2) is 15.0 Å². The van der Waals surface area contributed by atoms with Crippen LogP contribution in [0.25, 0.3) is 27.6 Å². The summed E-state index contributed by atoms with van der Waals surface area (Å²) in [6, 6.07) is 18.6. The van der Waals surface area contributed by atoms with Crippen LogP contribution in [0.1, 0.15) is 23.1 Å². The molecule has 0 atom stereocenters. The Bertz CT molecular complexity index is 2180. The third kappa shape index (κ3) is 6.59. The van der Waals surface area contributed by atoms with Crippen molar-refractivity contribution < 1.29 is 9.47 Å². The Morgan fingerprint density at radius 2 is 1.92 bits per heavy atom. The number of pyridine rings is 2. The second-order valence-electron chi connectivity index (χ2n) is 11.5. The molecule has 1 saturated heterocycles. The van der Waals surface area contributed by atoms with Crippen LogP contribution >= 0.6 is 11.8 Å². The number of anilines is 2. The van der Waals surface area contributed by atoms with Gasteiger partial charge in [0.2, 0.25) is 0 Å². The van der Waals surface area contributed by atoms with Crippen molar-refractivity contribution in [2.45, 2.75) is 23.6 Å². The maximum Gasteiger partial charge on any atom is 0.150 e. The van der Waals surface area contributed by atoms with Crippen molar-refractivity contribution in [3.05, 3.63) is 109 Å². The molecule has 12 heteroatoms. The number of benzene rings is 2. The molecule has 2 N–H and O–H groups in total. The number of ether oxygens (including phenoxy) is 2. The van der Waals surface area contributed by atoms with E-state index < -0.39 is 0 Å². The zero-order chi connectivity index (χ0) is 33.7. The van der Waals surface area contributed by atoms with E-state index in [1.54, 1.807) is 45.4 Å². The van der Waals surface area contributed by atoms with E-state index in [9.17, 15) is 0 Å². The number of hydrogen-bond acceptors (Lipinski definition) is 11. The van der Waals surface area contributed by atoms with Crippen molar-refractivity contribution in [1.29, 1.82) is 0 Å². The van der Waals surface area contributed by atoms with Gasteiger partial charge < -0.3 is 25.1 Å². The molecule has 1 aliphatic heterocycles. The second-order valence-corrected chi connectivity index (χ2v) is 12.5. The monoisotopic (exact) mass is 671 g/mol. The molecule has 0 aliphatic carbocycles. The summed E-state index contributed by atoms with van der Waals surface area (Å²) < 4.78 is 13.0. The predicted molar refractivity (Wildman–Crippen MR) is 197 cm³/mol. The lowest BCUT2D eigenvalue weighted by Gasteiger charge is -2.32. The number of fused-ring (bicyclic) bond motifs is 2. The molecule has 0 amide bonds. The van der Waals surface area contributed by atoms with Gasteiger partial charge in [-0.1, -0.05) is 12.6 Å². The first kappa shape index (κ1) is 32.0. The summed E-state index contributed by atoms with van der Waals surface area (Å²) in [6.07, 6.45) is 10.3. The fraction of sp³-hybridized carbons (Fsp3) is 0.216. The van der Waals surface area contributed by atoms with Gasteiger partial charge in [-0.05, 0) is 60.5 Å². The van der Waals surface area contributed by atoms with E-state index >= 15 is 0 Å². The van der Waals surface area contributed by atoms with Gasteiger partial charge in [0.25, 0.3) is 0 Å². The number of aromatic nitrogens is 5. The van der Waals surface area contributed by atoms with Gasteiger partial charge in [0.1, 0.15) is 29.5 Å². The van der Waals surface area contributed by atoms with E-state index in [0.717, 1.165) is 79.7 Å². The summed E-state index contributed by atoms with van der Waals surface area (Å²) in [7, 11) is 5.04. The number of allylic oxidation sites excluding steroid dienone is 1. The van der Waals surface area contributed by atoms with Crippen LogP contribution in [-0.2, 0) is 12.3 Å². The zero-order valence-electron chi connectivity index (χ0n) is 27.7. The first-order chi connectivity index (χ1) is 24.1. The second kappa shape index (κ2) is 14.2. The summed E-state index contributed by atoms with van der Waals surface area (Å²) in [5.41, 5.74) is 9.03. The first-order valence-electron chi connectivity index (χ1n) is 16.0. The zero-order valence-corrected chi connectivity index (χ0v) is 28.5. The van der Waals surface area contributed by atoms with Crippen molar-refractivity contribution in [1.82, 2.24) is 29.9 Å². The Balaban J connectivity index is 1.19. The molecule has 0 spiro atoms. The van der Waals surface area contributed by atoms with Crippen molar-refractivity contribution in [3.8, 4) is 17.2 Å². The highest BCUT2D eigenvalue weighted by molar-refractivity contribution is 7.98. The van der Waals surface area contributed by atoms with Crippen LogP contribution in [0.2, 0.25) is 0 Å². The predicted octanol–water partition coefficient (Wildman–Crippen LogP) is 6.60. The minimum Gasteiger partial charge on any atom is -0.497 e. The van der Waals surface area contributed by atoms with Gasteiger partial charge in [0.05, 0.1) is 42.7 Å². The molecule has 4 aromatic heterocycles. The average Bonchev–Trinajstić information content (AvgIpc) is 3.51. The Labute approximate surface area is 289 Å². The van der Waals surface area contributed by atoms with E-state index in [2.05, 4.69) is 73.7 Å². The Morgan fingerprint density at radius 3 is 2.69 bits per heavy atom. The molecule has 0 saturated carbocycles. The van der Waals surface area contributed by atoms with Crippen molar-refractivity contribution >= 4 is 51.0 Å². The molecular formula is C37H37N9O2S. The van der Waals surface area contributed by atoms with Crippen molar-refractivity contribution in [3.63, 3.8) is 0 Å². The quantitative estimate of drug-likeness (QED) is 0.0790. The molecular weight excluding hydrogens is 635 g/mol. The number of methoxy groups -OCH3 is 2. The van der Waals surface area contributed by atoms with Crippen LogP contribution in [0, 0.1) is 0 Å². The van der Waals surface area contributed by atoms with E-state index in [1.165, 1.54) is 6.42 Å². The Kier molecular flexibility index (Phi) is 9.29.